The number of carbonyl (C=O) groups is 2. The lowest BCUT2D eigenvalue weighted by Gasteiger charge is -2.16. The van der Waals surface area contributed by atoms with Gasteiger partial charge in [0, 0.05) is 19.5 Å². The SMILES string of the molecule is CN(Cc1nc2ccc(F)cc2[nH]1)C(=O)c1nn(C)c(=O)c2ccccc12.O=C(O)C(F)(F)F. The van der Waals surface area contributed by atoms with E-state index in [9.17, 15) is 27.2 Å². The standard InChI is InChI=1S/C19H16FN5O2.C2HF3O2/c1-24(10-16-21-14-8-7-11(20)9-15(14)22-16)19(27)17-12-5-3-4-6-13(12)18(26)25(2)23-17;3-2(4,5)1(6)7/h3-9H,10H2,1-2H3,(H,21,22);(H,6,7). The van der Waals surface area contributed by atoms with Crippen LogP contribution < -0.4 is 5.56 Å². The van der Waals surface area contributed by atoms with Crippen molar-refractivity contribution in [3.63, 3.8) is 0 Å². The molecule has 9 nitrogen and oxygen atoms in total. The number of aryl methyl sites for hydroxylation is 1. The lowest BCUT2D eigenvalue weighted by Crippen LogP contribution is -2.31. The molecule has 13 heteroatoms. The Morgan fingerprint density at radius 1 is 1.15 bits per heavy atom. The summed E-state index contributed by atoms with van der Waals surface area (Å²) >= 11 is 0. The van der Waals surface area contributed by atoms with Crippen molar-refractivity contribution in [3.8, 4) is 0 Å². The second-order valence-electron chi connectivity index (χ2n) is 7.13. The quantitative estimate of drug-likeness (QED) is 0.436. The molecule has 2 aromatic heterocycles. The summed E-state index contributed by atoms with van der Waals surface area (Å²) in [5, 5.41) is 12.2. The highest BCUT2D eigenvalue weighted by Crippen LogP contribution is 2.17. The number of alkyl halides is 3. The van der Waals surface area contributed by atoms with Gasteiger partial charge in [-0.2, -0.15) is 18.3 Å². The van der Waals surface area contributed by atoms with Crippen molar-refractivity contribution in [3.05, 3.63) is 70.2 Å². The Hall–Kier alpha value is -4.29. The van der Waals surface area contributed by atoms with Crippen molar-refractivity contribution in [2.75, 3.05) is 7.05 Å². The molecule has 0 spiro atoms. The Morgan fingerprint density at radius 3 is 2.38 bits per heavy atom. The maximum atomic E-state index is 13.3. The highest BCUT2D eigenvalue weighted by atomic mass is 19.4. The van der Waals surface area contributed by atoms with Crippen LogP contribution in [0.3, 0.4) is 0 Å². The molecular formula is C21H17F4N5O4. The zero-order valence-corrected chi connectivity index (χ0v) is 17.7. The molecule has 4 rings (SSSR count). The predicted molar refractivity (Wildman–Crippen MR) is 113 cm³/mol. The van der Waals surface area contributed by atoms with Crippen LogP contribution in [0.2, 0.25) is 0 Å². The number of benzene rings is 2. The highest BCUT2D eigenvalue weighted by Gasteiger charge is 2.38. The summed E-state index contributed by atoms with van der Waals surface area (Å²) in [6.45, 7) is 0.188. The van der Waals surface area contributed by atoms with E-state index in [1.165, 1.54) is 24.1 Å². The van der Waals surface area contributed by atoms with Gasteiger partial charge in [-0.1, -0.05) is 18.2 Å². The molecule has 0 aliphatic carbocycles. The first-order valence-corrected chi connectivity index (χ1v) is 9.54. The van der Waals surface area contributed by atoms with Gasteiger partial charge in [0.05, 0.1) is 23.0 Å². The molecular weight excluding hydrogens is 462 g/mol. The Kier molecular flexibility index (Phi) is 6.66. The second-order valence-corrected chi connectivity index (χ2v) is 7.13. The molecule has 0 saturated heterocycles. The van der Waals surface area contributed by atoms with Crippen LogP contribution in [0.25, 0.3) is 21.8 Å². The van der Waals surface area contributed by atoms with E-state index in [0.717, 1.165) is 4.68 Å². The number of fused-ring (bicyclic) bond motifs is 2. The Bertz CT molecular complexity index is 1440. The fourth-order valence-corrected chi connectivity index (χ4v) is 3.04. The first-order chi connectivity index (χ1) is 15.9. The lowest BCUT2D eigenvalue weighted by molar-refractivity contribution is -0.192. The summed E-state index contributed by atoms with van der Waals surface area (Å²) < 4.78 is 46.2. The molecule has 2 aromatic carbocycles. The molecule has 0 aliphatic rings. The zero-order chi connectivity index (χ0) is 25.2. The Morgan fingerprint density at radius 2 is 1.76 bits per heavy atom. The number of amides is 1. The molecule has 2 heterocycles. The number of nitrogens with one attached hydrogen (secondary N) is 1. The van der Waals surface area contributed by atoms with Crippen LogP contribution in [0.4, 0.5) is 17.6 Å². The van der Waals surface area contributed by atoms with Crippen molar-refractivity contribution in [2.24, 2.45) is 7.05 Å². The minimum absolute atomic E-state index is 0.188. The number of halogens is 4. The summed E-state index contributed by atoms with van der Waals surface area (Å²) in [5.41, 5.74) is 1.12. The third-order valence-corrected chi connectivity index (χ3v) is 4.63. The van der Waals surface area contributed by atoms with Gasteiger partial charge in [0.2, 0.25) is 0 Å². The third kappa shape index (κ3) is 5.19. The van der Waals surface area contributed by atoms with Gasteiger partial charge in [-0.3, -0.25) is 9.59 Å². The van der Waals surface area contributed by atoms with Crippen LogP contribution in [-0.2, 0) is 18.4 Å². The van der Waals surface area contributed by atoms with Gasteiger partial charge >= 0.3 is 12.1 Å². The van der Waals surface area contributed by atoms with Crippen LogP contribution in [0.15, 0.2) is 47.3 Å². The molecule has 0 aliphatic heterocycles. The van der Waals surface area contributed by atoms with Crippen LogP contribution in [0, 0.1) is 5.82 Å². The largest absolute Gasteiger partial charge is 0.490 e. The number of carboxylic acids is 1. The van der Waals surface area contributed by atoms with E-state index in [0.29, 0.717) is 27.6 Å². The summed E-state index contributed by atoms with van der Waals surface area (Å²) in [6, 6.07) is 11.1. The van der Waals surface area contributed by atoms with Gasteiger partial charge < -0.3 is 15.0 Å². The van der Waals surface area contributed by atoms with Gasteiger partial charge in [0.15, 0.2) is 5.69 Å². The van der Waals surface area contributed by atoms with Crippen LogP contribution in [-0.4, -0.2) is 54.9 Å². The average Bonchev–Trinajstić information content (AvgIpc) is 3.16. The molecule has 34 heavy (non-hydrogen) atoms. The fraction of sp³-hybridized carbons (Fsp3) is 0.190. The van der Waals surface area contributed by atoms with Gasteiger partial charge in [-0.05, 0) is 24.3 Å². The van der Waals surface area contributed by atoms with Crippen LogP contribution in [0.1, 0.15) is 16.3 Å². The first-order valence-electron chi connectivity index (χ1n) is 9.54. The molecule has 0 fully saturated rings. The number of H-pyrrole nitrogens is 1. The molecule has 0 radical (unpaired) electrons. The fourth-order valence-electron chi connectivity index (χ4n) is 3.04. The number of hydrogen-bond acceptors (Lipinski definition) is 5. The van der Waals surface area contributed by atoms with Gasteiger partial charge in [0.25, 0.3) is 11.5 Å². The maximum absolute atomic E-state index is 13.3. The van der Waals surface area contributed by atoms with E-state index < -0.39 is 12.1 Å². The van der Waals surface area contributed by atoms with E-state index >= 15 is 0 Å². The third-order valence-electron chi connectivity index (χ3n) is 4.63. The predicted octanol–water partition coefficient (Wildman–Crippen LogP) is 2.85. The molecule has 0 unspecified atom stereocenters. The molecule has 4 aromatic rings. The van der Waals surface area contributed by atoms with Gasteiger partial charge in [-0.15, -0.1) is 0 Å². The number of rotatable bonds is 3. The summed E-state index contributed by atoms with van der Waals surface area (Å²) in [5.74, 6) is -2.93. The van der Waals surface area contributed by atoms with Crippen molar-refractivity contribution in [1.29, 1.82) is 0 Å². The second kappa shape index (κ2) is 9.29. The smallest absolute Gasteiger partial charge is 0.475 e. The monoisotopic (exact) mass is 479 g/mol. The summed E-state index contributed by atoms with van der Waals surface area (Å²) in [4.78, 5) is 42.9. The van der Waals surface area contributed by atoms with Crippen molar-refractivity contribution in [2.45, 2.75) is 12.7 Å². The maximum Gasteiger partial charge on any atom is 0.490 e. The molecule has 2 N–H and O–H groups in total. The number of aromatic nitrogens is 4. The minimum Gasteiger partial charge on any atom is -0.475 e. The number of nitrogens with zero attached hydrogens (tertiary/aromatic N) is 4. The number of carboxylic acid groups (broad SMARTS) is 1. The zero-order valence-electron chi connectivity index (χ0n) is 17.7. The van der Waals surface area contributed by atoms with E-state index in [1.54, 1.807) is 37.4 Å². The average molecular weight is 479 g/mol. The van der Waals surface area contributed by atoms with Gasteiger partial charge in [0.1, 0.15) is 11.6 Å². The molecule has 1 amide bonds. The molecule has 0 bridgehead atoms. The van der Waals surface area contributed by atoms with Crippen LogP contribution in [0.5, 0.6) is 0 Å². The minimum atomic E-state index is -5.08. The summed E-state index contributed by atoms with van der Waals surface area (Å²) in [6.07, 6.45) is -5.08. The normalized spacial score (nSPS) is 11.2. The molecule has 0 saturated carbocycles. The molecule has 0 atom stereocenters. The van der Waals surface area contributed by atoms with E-state index in [2.05, 4.69) is 15.1 Å². The Balaban J connectivity index is 0.000000406. The number of imidazole rings is 1. The van der Waals surface area contributed by atoms with Crippen molar-refractivity contribution in [1.82, 2.24) is 24.6 Å². The van der Waals surface area contributed by atoms with Crippen molar-refractivity contribution < 1.29 is 32.3 Å². The highest BCUT2D eigenvalue weighted by molar-refractivity contribution is 6.04. The lowest BCUT2D eigenvalue weighted by atomic mass is 10.1. The number of aliphatic carboxylic acids is 1. The number of hydrogen-bond donors (Lipinski definition) is 2. The van der Waals surface area contributed by atoms with Gasteiger partial charge in [-0.25, -0.2) is 18.9 Å². The first kappa shape index (κ1) is 24.4. The van der Waals surface area contributed by atoms with E-state index in [-0.39, 0.29) is 29.5 Å². The van der Waals surface area contributed by atoms with E-state index in [1.807, 2.05) is 0 Å². The van der Waals surface area contributed by atoms with Crippen LogP contribution >= 0.6 is 0 Å². The van der Waals surface area contributed by atoms with E-state index in [4.69, 9.17) is 9.90 Å². The Labute approximate surface area is 188 Å². The number of aromatic amines is 1. The number of carbonyl (C=O) groups excluding carboxylic acids is 1. The van der Waals surface area contributed by atoms with Crippen molar-refractivity contribution >= 4 is 33.7 Å². The molecule has 178 valence electrons. The topological polar surface area (TPSA) is 121 Å². The summed E-state index contributed by atoms with van der Waals surface area (Å²) in [7, 11) is 3.14.